The van der Waals surface area contributed by atoms with E-state index in [2.05, 4.69) is 20.2 Å². The molecule has 1 saturated carbocycles. The van der Waals surface area contributed by atoms with E-state index in [4.69, 9.17) is 9.47 Å². The van der Waals surface area contributed by atoms with E-state index in [1.807, 2.05) is 0 Å². The van der Waals surface area contributed by atoms with Gasteiger partial charge in [-0.05, 0) is 30.9 Å². The monoisotopic (exact) mass is 322 g/mol. The summed E-state index contributed by atoms with van der Waals surface area (Å²) in [5, 5.41) is 8.21. The lowest BCUT2D eigenvalue weighted by molar-refractivity contribution is 0.120. The van der Waals surface area contributed by atoms with Crippen molar-refractivity contribution in [3.05, 3.63) is 23.5 Å². The lowest BCUT2D eigenvalue weighted by Crippen LogP contribution is -2.03. The van der Waals surface area contributed by atoms with Gasteiger partial charge in [-0.15, -0.1) is 5.10 Å². The van der Waals surface area contributed by atoms with Crippen LogP contribution in [0.1, 0.15) is 23.6 Å². The molecule has 6 nitrogen and oxygen atoms in total. The molecule has 1 fully saturated rings. The summed E-state index contributed by atoms with van der Waals surface area (Å²) in [6.07, 6.45) is -0.319. The summed E-state index contributed by atoms with van der Waals surface area (Å²) in [5.74, 6) is -0.476. The van der Waals surface area contributed by atoms with Gasteiger partial charge in [0.2, 0.25) is 12.3 Å². The fraction of sp³-hybridized carbons (Fsp3) is 0.467. The number of halogens is 2. The standard InChI is InChI=1S/C15H16F2N4O2/c1-7-8(9-4-10(9)13(16)17)5-12(21-20-7)11-6-18-15(23-3)19-14(11)22-2/h5-6,9-10,13H,4H2,1-3H3. The number of alkyl halides is 2. The minimum Gasteiger partial charge on any atom is -0.480 e. The second kappa shape index (κ2) is 6.02. The van der Waals surface area contributed by atoms with Gasteiger partial charge in [0.05, 0.1) is 25.5 Å². The molecule has 2 unspecified atom stereocenters. The van der Waals surface area contributed by atoms with Crippen LogP contribution in [0.15, 0.2) is 12.3 Å². The Bertz CT molecular complexity index is 727. The molecule has 0 radical (unpaired) electrons. The summed E-state index contributed by atoms with van der Waals surface area (Å²) in [6, 6.07) is 1.94. The van der Waals surface area contributed by atoms with Crippen LogP contribution in [0.3, 0.4) is 0 Å². The predicted molar refractivity (Wildman–Crippen MR) is 77.8 cm³/mol. The van der Waals surface area contributed by atoms with E-state index in [1.54, 1.807) is 13.0 Å². The molecule has 0 bridgehead atoms. The van der Waals surface area contributed by atoms with Crippen LogP contribution >= 0.6 is 0 Å². The molecule has 0 saturated heterocycles. The van der Waals surface area contributed by atoms with E-state index < -0.39 is 12.3 Å². The molecule has 122 valence electrons. The molecule has 3 rings (SSSR count). The smallest absolute Gasteiger partial charge is 0.319 e. The molecule has 0 amide bonds. The maximum Gasteiger partial charge on any atom is 0.319 e. The van der Waals surface area contributed by atoms with Crippen molar-refractivity contribution in [3.63, 3.8) is 0 Å². The summed E-state index contributed by atoms with van der Waals surface area (Å²) >= 11 is 0. The SMILES string of the molecule is COc1ncc(-c2cc(C3CC3C(F)F)c(C)nn2)c(OC)n1. The highest BCUT2D eigenvalue weighted by atomic mass is 19.3. The molecular weight excluding hydrogens is 306 g/mol. The average Bonchev–Trinajstić information content (AvgIpc) is 3.35. The van der Waals surface area contributed by atoms with Gasteiger partial charge in [-0.1, -0.05) is 0 Å². The molecule has 1 aliphatic rings. The fourth-order valence-corrected chi connectivity index (χ4v) is 2.61. The van der Waals surface area contributed by atoms with Gasteiger partial charge in [0.1, 0.15) is 5.69 Å². The number of aromatic nitrogens is 4. The third kappa shape index (κ3) is 2.93. The van der Waals surface area contributed by atoms with Crippen LogP contribution in [0.25, 0.3) is 11.3 Å². The Morgan fingerprint density at radius 1 is 1.22 bits per heavy atom. The Hall–Kier alpha value is -2.38. The molecule has 2 atom stereocenters. The molecule has 1 aliphatic carbocycles. The summed E-state index contributed by atoms with van der Waals surface area (Å²) in [5.41, 5.74) is 2.48. The Labute approximate surface area is 131 Å². The zero-order valence-electron chi connectivity index (χ0n) is 13.0. The van der Waals surface area contributed by atoms with Crippen LogP contribution in [0, 0.1) is 12.8 Å². The first-order valence-corrected chi connectivity index (χ1v) is 7.13. The lowest BCUT2D eigenvalue weighted by atomic mass is 10.1. The second-order valence-electron chi connectivity index (χ2n) is 5.39. The van der Waals surface area contributed by atoms with Gasteiger partial charge < -0.3 is 9.47 Å². The fourth-order valence-electron chi connectivity index (χ4n) is 2.61. The topological polar surface area (TPSA) is 70.0 Å². The summed E-state index contributed by atoms with van der Waals surface area (Å²) < 4.78 is 35.8. The van der Waals surface area contributed by atoms with Crippen LogP contribution in [0.5, 0.6) is 11.9 Å². The average molecular weight is 322 g/mol. The predicted octanol–water partition coefficient (Wildman–Crippen LogP) is 2.63. The van der Waals surface area contributed by atoms with E-state index in [0.29, 0.717) is 29.3 Å². The maximum absolute atomic E-state index is 12.8. The summed E-state index contributed by atoms with van der Waals surface area (Å²) in [7, 11) is 2.93. The van der Waals surface area contributed by atoms with Crippen LogP contribution in [0.4, 0.5) is 8.78 Å². The molecule has 2 aromatic rings. The molecule has 0 aliphatic heterocycles. The number of hydrogen-bond donors (Lipinski definition) is 0. The molecule has 8 heteroatoms. The second-order valence-corrected chi connectivity index (χ2v) is 5.39. The molecule has 0 aromatic carbocycles. The number of nitrogens with zero attached hydrogens (tertiary/aromatic N) is 4. The van der Waals surface area contributed by atoms with E-state index in [0.717, 1.165) is 5.56 Å². The molecule has 0 N–H and O–H groups in total. The zero-order valence-corrected chi connectivity index (χ0v) is 13.0. The van der Waals surface area contributed by atoms with Gasteiger partial charge in [-0.3, -0.25) is 0 Å². The highest BCUT2D eigenvalue weighted by Crippen LogP contribution is 2.51. The summed E-state index contributed by atoms with van der Waals surface area (Å²) in [6.45, 7) is 1.77. The molecule has 2 aromatic heterocycles. The van der Waals surface area contributed by atoms with Gasteiger partial charge in [-0.25, -0.2) is 13.8 Å². The number of ether oxygens (including phenoxy) is 2. The van der Waals surface area contributed by atoms with E-state index >= 15 is 0 Å². The number of rotatable bonds is 5. The van der Waals surface area contributed by atoms with Gasteiger partial charge in [-0.2, -0.15) is 10.1 Å². The maximum atomic E-state index is 12.8. The highest BCUT2D eigenvalue weighted by molar-refractivity contribution is 5.64. The van der Waals surface area contributed by atoms with Crippen molar-refractivity contribution in [1.29, 1.82) is 0 Å². The first-order chi connectivity index (χ1) is 11.0. The van der Waals surface area contributed by atoms with Crippen LogP contribution in [-0.4, -0.2) is 40.8 Å². The molecule has 23 heavy (non-hydrogen) atoms. The normalized spacial score (nSPS) is 19.7. The number of hydrogen-bond acceptors (Lipinski definition) is 6. The van der Waals surface area contributed by atoms with Crippen molar-refractivity contribution in [1.82, 2.24) is 20.2 Å². The van der Waals surface area contributed by atoms with Crippen molar-refractivity contribution in [2.45, 2.75) is 25.7 Å². The first kappa shape index (κ1) is 15.5. The van der Waals surface area contributed by atoms with E-state index in [1.165, 1.54) is 20.4 Å². The van der Waals surface area contributed by atoms with Gasteiger partial charge in [0.25, 0.3) is 0 Å². The van der Waals surface area contributed by atoms with Crippen molar-refractivity contribution >= 4 is 0 Å². The van der Waals surface area contributed by atoms with Crippen molar-refractivity contribution in [2.75, 3.05) is 14.2 Å². The van der Waals surface area contributed by atoms with Crippen molar-refractivity contribution in [2.24, 2.45) is 5.92 Å². The zero-order chi connectivity index (χ0) is 16.6. The van der Waals surface area contributed by atoms with Gasteiger partial charge in [0.15, 0.2) is 0 Å². The number of aryl methyl sites for hydroxylation is 1. The van der Waals surface area contributed by atoms with Crippen LogP contribution < -0.4 is 9.47 Å². The Morgan fingerprint density at radius 2 is 2.00 bits per heavy atom. The highest BCUT2D eigenvalue weighted by Gasteiger charge is 2.46. The minimum absolute atomic E-state index is 0.172. The number of methoxy groups -OCH3 is 2. The first-order valence-electron chi connectivity index (χ1n) is 7.13. The van der Waals surface area contributed by atoms with Crippen LogP contribution in [-0.2, 0) is 0 Å². The van der Waals surface area contributed by atoms with Crippen LogP contribution in [0.2, 0.25) is 0 Å². The third-order valence-electron chi connectivity index (χ3n) is 3.96. The Balaban J connectivity index is 1.98. The molecular formula is C15H16F2N4O2. The Morgan fingerprint density at radius 3 is 2.61 bits per heavy atom. The van der Waals surface area contributed by atoms with Gasteiger partial charge >= 0.3 is 6.01 Å². The van der Waals surface area contributed by atoms with E-state index in [-0.39, 0.29) is 11.9 Å². The summed E-state index contributed by atoms with van der Waals surface area (Å²) in [4.78, 5) is 8.14. The molecule has 2 heterocycles. The Kier molecular flexibility index (Phi) is 4.06. The largest absolute Gasteiger partial charge is 0.480 e. The lowest BCUT2D eigenvalue weighted by Gasteiger charge is -2.10. The quantitative estimate of drug-likeness (QED) is 0.843. The third-order valence-corrected chi connectivity index (χ3v) is 3.96. The van der Waals surface area contributed by atoms with Crippen molar-refractivity contribution < 1.29 is 18.3 Å². The van der Waals surface area contributed by atoms with E-state index in [9.17, 15) is 8.78 Å². The van der Waals surface area contributed by atoms with Crippen molar-refractivity contribution in [3.8, 4) is 23.1 Å². The minimum atomic E-state index is -2.31. The van der Waals surface area contributed by atoms with Gasteiger partial charge in [0, 0.05) is 12.1 Å². The molecule has 0 spiro atoms.